The number of rotatable bonds is 4. The second-order valence-electron chi connectivity index (χ2n) is 10.4. The summed E-state index contributed by atoms with van der Waals surface area (Å²) in [6.45, 7) is 4.62. The molecule has 0 aromatic carbocycles. The number of aliphatic hydroxyl groups is 1. The lowest BCUT2D eigenvalue weighted by atomic mass is 9.45. The van der Waals surface area contributed by atoms with Gasteiger partial charge in [0.15, 0.2) is 29.4 Å². The molecular formula is C25H29FO8. The summed E-state index contributed by atoms with van der Waals surface area (Å²) >= 11 is 0. The van der Waals surface area contributed by atoms with Crippen LogP contribution < -0.4 is 0 Å². The van der Waals surface area contributed by atoms with Gasteiger partial charge in [-0.1, -0.05) is 18.6 Å². The summed E-state index contributed by atoms with van der Waals surface area (Å²) in [5.74, 6) is -4.97. The number of ether oxygens (including phenoxy) is 2. The van der Waals surface area contributed by atoms with Crippen molar-refractivity contribution in [3.8, 4) is 0 Å². The highest BCUT2D eigenvalue weighted by Gasteiger charge is 2.77. The van der Waals surface area contributed by atoms with Crippen LogP contribution >= 0.6 is 0 Å². The fourth-order valence-corrected chi connectivity index (χ4v) is 7.04. The van der Waals surface area contributed by atoms with Gasteiger partial charge in [0.1, 0.15) is 6.10 Å². The lowest BCUT2D eigenvalue weighted by molar-refractivity contribution is -0.197. The molecule has 184 valence electrons. The molecule has 7 unspecified atom stereocenters. The van der Waals surface area contributed by atoms with Gasteiger partial charge in [-0.25, -0.2) is 4.39 Å². The molecule has 4 aliphatic rings. The third kappa shape index (κ3) is 3.01. The van der Waals surface area contributed by atoms with Gasteiger partial charge in [0.25, 0.3) is 0 Å². The summed E-state index contributed by atoms with van der Waals surface area (Å²) in [4.78, 5) is 61.9. The average molecular weight is 476 g/mol. The van der Waals surface area contributed by atoms with Crippen molar-refractivity contribution < 1.29 is 42.9 Å². The van der Waals surface area contributed by atoms with E-state index in [9.17, 15) is 29.1 Å². The number of esters is 2. The number of hydrogen-bond donors (Lipinski definition) is 1. The maximum atomic E-state index is 17.1. The minimum atomic E-state index is -2.36. The van der Waals surface area contributed by atoms with E-state index in [-0.39, 0.29) is 18.6 Å². The Labute approximate surface area is 196 Å². The molecular weight excluding hydrogens is 447 g/mol. The molecule has 34 heavy (non-hydrogen) atoms. The van der Waals surface area contributed by atoms with Crippen LogP contribution in [-0.4, -0.2) is 58.4 Å². The molecule has 4 rings (SSSR count). The second-order valence-corrected chi connectivity index (χ2v) is 10.4. The van der Waals surface area contributed by atoms with Gasteiger partial charge in [-0.05, 0) is 44.3 Å². The van der Waals surface area contributed by atoms with Crippen molar-refractivity contribution in [2.75, 3.05) is 6.61 Å². The molecule has 0 aliphatic heterocycles. The zero-order chi connectivity index (χ0) is 25.3. The predicted octanol–water partition coefficient (Wildman–Crippen LogP) is 1.97. The number of alkyl halides is 1. The SMILES string of the molecule is CC(=O)OCC(=O)C1(O)C(OC(C)=O)CC2C3CCC4=CC(=O)C=CC4(C)C3(F)C(=O)CC21C. The molecule has 0 saturated heterocycles. The van der Waals surface area contributed by atoms with Crippen molar-refractivity contribution in [2.24, 2.45) is 22.7 Å². The van der Waals surface area contributed by atoms with Crippen LogP contribution in [0.5, 0.6) is 0 Å². The average Bonchev–Trinajstić information content (AvgIpc) is 2.95. The zero-order valence-electron chi connectivity index (χ0n) is 19.7. The number of ketones is 3. The molecule has 0 heterocycles. The van der Waals surface area contributed by atoms with E-state index in [1.165, 1.54) is 25.2 Å². The quantitative estimate of drug-likeness (QED) is 0.611. The van der Waals surface area contributed by atoms with E-state index < -0.39 is 76.6 Å². The van der Waals surface area contributed by atoms with Crippen LogP contribution in [0.15, 0.2) is 23.8 Å². The summed E-state index contributed by atoms with van der Waals surface area (Å²) < 4.78 is 27.2. The Bertz CT molecular complexity index is 1060. The van der Waals surface area contributed by atoms with Crippen LogP contribution in [0.3, 0.4) is 0 Å². The summed E-state index contributed by atoms with van der Waals surface area (Å²) in [7, 11) is 0. The highest BCUT2D eigenvalue weighted by atomic mass is 19.1. The Morgan fingerprint density at radius 2 is 1.82 bits per heavy atom. The molecule has 3 saturated carbocycles. The molecule has 7 atom stereocenters. The zero-order valence-corrected chi connectivity index (χ0v) is 19.7. The third-order valence-electron chi connectivity index (χ3n) is 8.74. The van der Waals surface area contributed by atoms with Crippen molar-refractivity contribution >= 4 is 29.3 Å². The molecule has 3 fully saturated rings. The van der Waals surface area contributed by atoms with Gasteiger partial charge in [-0.2, -0.15) is 0 Å². The normalized spacial score (nSPS) is 42.8. The standard InChI is InChI=1S/C25H29FO8/c1-13(27)33-12-20(31)25(32)21(34-14(2)28)10-18-17-6-5-15-9-16(29)7-8-22(15,3)24(17,26)19(30)11-23(18,25)4/h7-9,17-18,21,32H,5-6,10-12H2,1-4H3. The van der Waals surface area contributed by atoms with Crippen molar-refractivity contribution in [1.82, 2.24) is 0 Å². The van der Waals surface area contributed by atoms with E-state index in [1.807, 2.05) is 0 Å². The highest BCUT2D eigenvalue weighted by Crippen LogP contribution is 2.69. The first-order chi connectivity index (χ1) is 15.7. The predicted molar refractivity (Wildman–Crippen MR) is 115 cm³/mol. The minimum absolute atomic E-state index is 0.0280. The van der Waals surface area contributed by atoms with Crippen LogP contribution in [0.25, 0.3) is 0 Å². The van der Waals surface area contributed by atoms with Gasteiger partial charge in [-0.15, -0.1) is 0 Å². The molecule has 1 N–H and O–H groups in total. The Hall–Kier alpha value is -2.68. The number of Topliss-reactive ketones (excluding diaryl/α,β-unsaturated/α-hetero) is 2. The number of allylic oxidation sites excluding steroid dienone is 4. The number of carbonyl (C=O) groups excluding carboxylic acids is 5. The molecule has 8 nitrogen and oxygen atoms in total. The van der Waals surface area contributed by atoms with Gasteiger partial charge in [0.2, 0.25) is 5.78 Å². The van der Waals surface area contributed by atoms with E-state index in [0.29, 0.717) is 12.0 Å². The van der Waals surface area contributed by atoms with Crippen molar-refractivity contribution in [2.45, 2.75) is 70.8 Å². The monoisotopic (exact) mass is 476 g/mol. The smallest absolute Gasteiger partial charge is 0.303 e. The number of hydrogen-bond acceptors (Lipinski definition) is 8. The minimum Gasteiger partial charge on any atom is -0.459 e. The molecule has 0 radical (unpaired) electrons. The van der Waals surface area contributed by atoms with Crippen LogP contribution in [0.4, 0.5) is 4.39 Å². The van der Waals surface area contributed by atoms with E-state index in [1.54, 1.807) is 6.92 Å². The topological polar surface area (TPSA) is 124 Å². The Balaban J connectivity index is 1.81. The summed E-state index contributed by atoms with van der Waals surface area (Å²) in [6.07, 6.45) is 2.87. The van der Waals surface area contributed by atoms with Gasteiger partial charge in [0.05, 0.1) is 0 Å². The number of halogens is 1. The fourth-order valence-electron chi connectivity index (χ4n) is 7.04. The van der Waals surface area contributed by atoms with Gasteiger partial charge in [0, 0.05) is 37.0 Å². The van der Waals surface area contributed by atoms with Crippen molar-refractivity contribution in [1.29, 1.82) is 0 Å². The first-order valence-electron chi connectivity index (χ1n) is 11.4. The van der Waals surface area contributed by atoms with E-state index in [2.05, 4.69) is 0 Å². The van der Waals surface area contributed by atoms with Crippen LogP contribution in [0, 0.1) is 22.7 Å². The summed E-state index contributed by atoms with van der Waals surface area (Å²) in [5.41, 5.74) is -6.93. The molecule has 0 aromatic rings. The lowest BCUT2D eigenvalue weighted by Gasteiger charge is -2.59. The van der Waals surface area contributed by atoms with E-state index in [0.717, 1.165) is 13.8 Å². The van der Waals surface area contributed by atoms with Crippen molar-refractivity contribution in [3.63, 3.8) is 0 Å². The Kier molecular flexibility index (Phi) is 5.51. The van der Waals surface area contributed by atoms with E-state index in [4.69, 9.17) is 9.47 Å². The molecule has 0 amide bonds. The number of fused-ring (bicyclic) bond motifs is 5. The largest absolute Gasteiger partial charge is 0.459 e. The first-order valence-corrected chi connectivity index (χ1v) is 11.4. The maximum absolute atomic E-state index is 17.1. The van der Waals surface area contributed by atoms with Crippen LogP contribution in [-0.2, 0) is 33.4 Å². The highest BCUT2D eigenvalue weighted by molar-refractivity contribution is 6.03. The molecule has 0 bridgehead atoms. The third-order valence-corrected chi connectivity index (χ3v) is 8.74. The fraction of sp³-hybridized carbons (Fsp3) is 0.640. The first kappa shape index (κ1) is 24.4. The second kappa shape index (κ2) is 7.66. The van der Waals surface area contributed by atoms with E-state index >= 15 is 4.39 Å². The summed E-state index contributed by atoms with van der Waals surface area (Å²) in [6, 6.07) is 0. The summed E-state index contributed by atoms with van der Waals surface area (Å²) in [5, 5.41) is 11.8. The van der Waals surface area contributed by atoms with Gasteiger partial charge >= 0.3 is 11.9 Å². The lowest BCUT2D eigenvalue weighted by Crippen LogP contribution is -2.68. The number of carbonyl (C=O) groups is 5. The Morgan fingerprint density at radius 1 is 1.15 bits per heavy atom. The Morgan fingerprint density at radius 3 is 2.44 bits per heavy atom. The van der Waals surface area contributed by atoms with Crippen molar-refractivity contribution in [3.05, 3.63) is 23.8 Å². The van der Waals surface area contributed by atoms with Gasteiger partial charge in [-0.3, -0.25) is 24.0 Å². The molecule has 4 aliphatic carbocycles. The van der Waals surface area contributed by atoms with Crippen LogP contribution in [0.1, 0.15) is 53.4 Å². The maximum Gasteiger partial charge on any atom is 0.303 e. The molecule has 9 heteroatoms. The molecule has 0 aromatic heterocycles. The van der Waals surface area contributed by atoms with Crippen LogP contribution in [0.2, 0.25) is 0 Å². The molecule has 0 spiro atoms. The van der Waals surface area contributed by atoms with Gasteiger partial charge < -0.3 is 14.6 Å².